The van der Waals surface area contributed by atoms with E-state index < -0.39 is 0 Å². The molecule has 3 atom stereocenters. The van der Waals surface area contributed by atoms with Crippen molar-refractivity contribution in [1.82, 2.24) is 10.3 Å². The highest BCUT2D eigenvalue weighted by molar-refractivity contribution is 5.83. The molecule has 2 heterocycles. The lowest BCUT2D eigenvalue weighted by Gasteiger charge is -2.52. The van der Waals surface area contributed by atoms with Crippen LogP contribution in [-0.4, -0.2) is 16.6 Å². The predicted octanol–water partition coefficient (Wildman–Crippen LogP) is 4.43. The van der Waals surface area contributed by atoms with Crippen LogP contribution in [0.3, 0.4) is 0 Å². The average molecular weight is 294 g/mol. The minimum Gasteiger partial charge on any atom is -0.361 e. The van der Waals surface area contributed by atoms with Crippen LogP contribution in [-0.2, 0) is 6.42 Å². The van der Waals surface area contributed by atoms with Gasteiger partial charge in [0.05, 0.1) is 0 Å². The van der Waals surface area contributed by atoms with E-state index in [-0.39, 0.29) is 5.54 Å². The molecule has 1 aromatic carbocycles. The van der Waals surface area contributed by atoms with Gasteiger partial charge in [0, 0.05) is 28.7 Å². The Balaban J connectivity index is 1.65. The molecule has 2 heteroatoms. The molecule has 1 saturated heterocycles. The van der Waals surface area contributed by atoms with Crippen LogP contribution in [0.15, 0.2) is 42.6 Å². The number of H-pyrrole nitrogens is 1. The third-order valence-electron chi connectivity index (χ3n) is 6.06. The van der Waals surface area contributed by atoms with E-state index >= 15 is 0 Å². The van der Waals surface area contributed by atoms with Crippen LogP contribution in [0.2, 0.25) is 0 Å². The Labute approximate surface area is 133 Å². The highest BCUT2D eigenvalue weighted by Gasteiger charge is 2.44. The second kappa shape index (κ2) is 4.99. The number of para-hydroxylation sites is 1. The molecule has 0 radical (unpaired) electrons. The number of piperidine rings is 1. The molecule has 2 aliphatic rings. The summed E-state index contributed by atoms with van der Waals surface area (Å²) < 4.78 is 0. The van der Waals surface area contributed by atoms with Crippen molar-refractivity contribution in [2.45, 2.75) is 51.1 Å². The van der Waals surface area contributed by atoms with Gasteiger partial charge in [-0.2, -0.15) is 0 Å². The summed E-state index contributed by atoms with van der Waals surface area (Å²) in [7, 11) is 0. The molecule has 22 heavy (non-hydrogen) atoms. The maximum absolute atomic E-state index is 4.38. The number of aromatic amines is 1. The Morgan fingerprint density at radius 1 is 1.27 bits per heavy atom. The van der Waals surface area contributed by atoms with E-state index in [1.807, 2.05) is 0 Å². The lowest BCUT2D eigenvalue weighted by atomic mass is 9.64. The Kier molecular flexibility index (Phi) is 3.19. The zero-order valence-electron chi connectivity index (χ0n) is 13.7. The summed E-state index contributed by atoms with van der Waals surface area (Å²) >= 11 is 0. The lowest BCUT2D eigenvalue weighted by Crippen LogP contribution is -2.60. The maximum atomic E-state index is 4.38. The van der Waals surface area contributed by atoms with E-state index in [9.17, 15) is 0 Å². The first-order valence-corrected chi connectivity index (χ1v) is 8.55. The summed E-state index contributed by atoms with van der Waals surface area (Å²) in [5.74, 6) is 1.43. The zero-order chi connectivity index (χ0) is 15.3. The largest absolute Gasteiger partial charge is 0.361 e. The summed E-state index contributed by atoms with van der Waals surface area (Å²) in [5, 5.41) is 5.32. The molecule has 2 aromatic rings. The second-order valence-corrected chi connectivity index (χ2v) is 7.77. The highest BCUT2D eigenvalue weighted by Crippen LogP contribution is 2.44. The molecule has 1 aromatic heterocycles. The van der Waals surface area contributed by atoms with Crippen molar-refractivity contribution in [2.75, 3.05) is 0 Å². The molecule has 2 fully saturated rings. The Hall–Kier alpha value is -1.54. The first-order valence-electron chi connectivity index (χ1n) is 8.55. The minimum absolute atomic E-state index is 0.244. The quantitative estimate of drug-likeness (QED) is 0.788. The van der Waals surface area contributed by atoms with E-state index in [0.29, 0.717) is 12.0 Å². The molecule has 1 aliphatic heterocycles. The van der Waals surface area contributed by atoms with Crippen LogP contribution < -0.4 is 5.32 Å². The molecule has 1 saturated carbocycles. The van der Waals surface area contributed by atoms with Crippen LogP contribution in [0.4, 0.5) is 0 Å². The number of benzene rings is 1. The topological polar surface area (TPSA) is 27.8 Å². The minimum atomic E-state index is 0.244. The SMILES string of the molecule is C=C1CCC2C[C@@H]1[C@@H](Cc1c[nH]c3ccccc13)NC2(C)C. The van der Waals surface area contributed by atoms with Gasteiger partial charge in [-0.3, -0.25) is 0 Å². The summed E-state index contributed by atoms with van der Waals surface area (Å²) in [6.07, 6.45) is 7.10. The fourth-order valence-corrected chi connectivity index (χ4v) is 4.67. The van der Waals surface area contributed by atoms with Gasteiger partial charge in [0.25, 0.3) is 0 Å². The van der Waals surface area contributed by atoms with Gasteiger partial charge in [-0.15, -0.1) is 0 Å². The number of hydrogen-bond donors (Lipinski definition) is 2. The van der Waals surface area contributed by atoms with Gasteiger partial charge < -0.3 is 10.3 Å². The Morgan fingerprint density at radius 3 is 2.95 bits per heavy atom. The Morgan fingerprint density at radius 2 is 2.09 bits per heavy atom. The van der Waals surface area contributed by atoms with E-state index in [1.165, 1.54) is 41.3 Å². The highest BCUT2D eigenvalue weighted by atomic mass is 15.0. The first kappa shape index (κ1) is 14.1. The molecule has 1 aliphatic carbocycles. The summed E-state index contributed by atoms with van der Waals surface area (Å²) in [5.41, 5.74) is 4.38. The molecule has 4 rings (SSSR count). The summed E-state index contributed by atoms with van der Waals surface area (Å²) in [4.78, 5) is 3.42. The monoisotopic (exact) mass is 294 g/mol. The molecule has 1 unspecified atom stereocenters. The van der Waals surface area contributed by atoms with E-state index in [2.05, 4.69) is 61.2 Å². The van der Waals surface area contributed by atoms with Gasteiger partial charge in [-0.05, 0) is 63.0 Å². The molecule has 2 N–H and O–H groups in total. The number of aromatic nitrogens is 1. The number of fused-ring (bicyclic) bond motifs is 3. The van der Waals surface area contributed by atoms with E-state index in [1.54, 1.807) is 0 Å². The third kappa shape index (κ3) is 2.21. The zero-order valence-corrected chi connectivity index (χ0v) is 13.7. The smallest absolute Gasteiger partial charge is 0.0456 e. The predicted molar refractivity (Wildman–Crippen MR) is 93.0 cm³/mol. The van der Waals surface area contributed by atoms with Crippen LogP contribution in [0, 0.1) is 11.8 Å². The molecule has 2 nitrogen and oxygen atoms in total. The van der Waals surface area contributed by atoms with Crippen molar-refractivity contribution >= 4 is 10.9 Å². The van der Waals surface area contributed by atoms with Crippen molar-refractivity contribution in [3.05, 3.63) is 48.2 Å². The molecule has 2 bridgehead atoms. The third-order valence-corrected chi connectivity index (χ3v) is 6.06. The van der Waals surface area contributed by atoms with Crippen LogP contribution in [0.1, 0.15) is 38.7 Å². The van der Waals surface area contributed by atoms with Crippen LogP contribution >= 0.6 is 0 Å². The average Bonchev–Trinajstić information content (AvgIpc) is 2.89. The summed E-state index contributed by atoms with van der Waals surface area (Å²) in [6.45, 7) is 9.13. The molecular weight excluding hydrogens is 268 g/mol. The molecule has 116 valence electrons. The summed E-state index contributed by atoms with van der Waals surface area (Å²) in [6, 6.07) is 9.13. The van der Waals surface area contributed by atoms with Gasteiger partial charge in [0.1, 0.15) is 0 Å². The molecule has 0 spiro atoms. The van der Waals surface area contributed by atoms with Gasteiger partial charge in [0.15, 0.2) is 0 Å². The van der Waals surface area contributed by atoms with Gasteiger partial charge >= 0.3 is 0 Å². The molecule has 0 amide bonds. The fraction of sp³-hybridized carbons (Fsp3) is 0.500. The van der Waals surface area contributed by atoms with Gasteiger partial charge in [-0.25, -0.2) is 0 Å². The standard InChI is InChI=1S/C20H26N2/c1-13-8-9-15-11-17(13)19(22-20(15,2)3)10-14-12-21-18-7-5-4-6-16(14)18/h4-7,12,15,17,19,21-22H,1,8-11H2,2-3H3/t15?,17-,19+/m0/s1. The fourth-order valence-electron chi connectivity index (χ4n) is 4.67. The first-order chi connectivity index (χ1) is 10.5. The molecular formula is C20H26N2. The van der Waals surface area contributed by atoms with Crippen molar-refractivity contribution in [1.29, 1.82) is 0 Å². The van der Waals surface area contributed by atoms with E-state index in [4.69, 9.17) is 0 Å². The van der Waals surface area contributed by atoms with Crippen molar-refractivity contribution in [3.8, 4) is 0 Å². The number of rotatable bonds is 2. The van der Waals surface area contributed by atoms with E-state index in [0.717, 1.165) is 12.3 Å². The van der Waals surface area contributed by atoms with Crippen LogP contribution in [0.5, 0.6) is 0 Å². The van der Waals surface area contributed by atoms with Crippen LogP contribution in [0.25, 0.3) is 10.9 Å². The van der Waals surface area contributed by atoms with Crippen molar-refractivity contribution < 1.29 is 0 Å². The normalized spacial score (nSPS) is 30.6. The lowest BCUT2D eigenvalue weighted by molar-refractivity contribution is 0.0895. The Bertz CT molecular complexity index is 709. The number of hydrogen-bond acceptors (Lipinski definition) is 1. The maximum Gasteiger partial charge on any atom is 0.0456 e. The van der Waals surface area contributed by atoms with Gasteiger partial charge in [-0.1, -0.05) is 30.4 Å². The van der Waals surface area contributed by atoms with Crippen molar-refractivity contribution in [2.24, 2.45) is 11.8 Å². The second-order valence-electron chi connectivity index (χ2n) is 7.77. The van der Waals surface area contributed by atoms with Gasteiger partial charge in [0.2, 0.25) is 0 Å². The number of nitrogens with one attached hydrogen (secondary N) is 2. The van der Waals surface area contributed by atoms with Crippen molar-refractivity contribution in [3.63, 3.8) is 0 Å².